The van der Waals surface area contributed by atoms with E-state index in [4.69, 9.17) is 0 Å². The zero-order valence-corrected chi connectivity index (χ0v) is 41.6. The number of carbonyl (C=O) groups is 5. The van der Waals surface area contributed by atoms with Crippen LogP contribution in [0.15, 0.2) is 42.5 Å². The van der Waals surface area contributed by atoms with Gasteiger partial charge < -0.3 is 47.0 Å². The number of aryl methyl sites for hydroxylation is 2. The Labute approximate surface area is 400 Å². The molecule has 16 heteroatoms. The molecule has 6 amide bonds. The predicted molar refractivity (Wildman–Crippen MR) is 262 cm³/mol. The van der Waals surface area contributed by atoms with Crippen LogP contribution in [0.1, 0.15) is 133 Å². The maximum atomic E-state index is 14.4. The maximum absolute atomic E-state index is 14.4. The molecule has 4 aliphatic heterocycles. The van der Waals surface area contributed by atoms with Crippen LogP contribution in [-0.2, 0) is 38.6 Å². The standard InChI is InChI=1S/C50H73N9O5S2/c1-29(51-7)27-53-38-20-22-65-40-25-49(3,4)42(58(40)45(38)62)44(61)54-36-16-11-14-33-24-31(18-19-35(33)36)28-52-30(2)43(60)55-39-21-23-66-41-26-50(5,6)47(59(41)46(39)63)57-48(64)56-37-17-10-13-32-12-8-9-15-34(32)37/h8-9,12,15,18-19,24,29-30,36-42,47,51-53H,10-11,13-14,16-17,20-23,25-28H2,1-7H3,(H,54,61)(H,55,60)(H2,56,57,64)/t29-,30-,36+,37+,38-,39-,40-,41?,42+,47-/m0/s1. The van der Waals surface area contributed by atoms with Crippen LogP contribution in [0.2, 0.25) is 0 Å². The van der Waals surface area contributed by atoms with Gasteiger partial charge in [-0.15, -0.1) is 23.5 Å². The average molecular weight is 944 g/mol. The molecule has 66 heavy (non-hydrogen) atoms. The first kappa shape index (κ1) is 48.6. The van der Waals surface area contributed by atoms with Crippen molar-refractivity contribution in [3.05, 3.63) is 70.3 Å². The first-order valence-electron chi connectivity index (χ1n) is 24.4. The van der Waals surface area contributed by atoms with Crippen molar-refractivity contribution in [2.75, 3.05) is 25.1 Å². The molecule has 2 aromatic rings. The first-order chi connectivity index (χ1) is 31.5. The first-order valence-corrected chi connectivity index (χ1v) is 26.5. The normalized spacial score (nSPS) is 29.8. The van der Waals surface area contributed by atoms with Crippen molar-refractivity contribution < 1.29 is 24.0 Å². The highest BCUT2D eigenvalue weighted by atomic mass is 32.2. The van der Waals surface area contributed by atoms with Gasteiger partial charge in [0.2, 0.25) is 23.6 Å². The number of rotatable bonds is 13. The van der Waals surface area contributed by atoms with Gasteiger partial charge in [0.05, 0.1) is 34.9 Å². The second-order valence-corrected chi connectivity index (χ2v) is 23.5. The molecule has 1 unspecified atom stereocenters. The minimum atomic E-state index is -0.705. The quantitative estimate of drug-likeness (QED) is 0.141. The van der Waals surface area contributed by atoms with E-state index in [1.165, 1.54) is 11.1 Å². The van der Waals surface area contributed by atoms with Crippen LogP contribution < -0.4 is 37.2 Å². The third kappa shape index (κ3) is 10.4. The molecule has 0 spiro atoms. The second-order valence-electron chi connectivity index (χ2n) is 21.0. The van der Waals surface area contributed by atoms with Crippen LogP contribution in [-0.4, -0.2) is 112 Å². The number of amides is 6. The molecule has 8 rings (SSSR count). The summed E-state index contributed by atoms with van der Waals surface area (Å²) < 4.78 is 0. The highest BCUT2D eigenvalue weighted by Crippen LogP contribution is 2.47. The van der Waals surface area contributed by atoms with Gasteiger partial charge in [-0.3, -0.25) is 19.2 Å². The van der Waals surface area contributed by atoms with Gasteiger partial charge in [0.1, 0.15) is 18.2 Å². The Kier molecular flexibility index (Phi) is 15.0. The summed E-state index contributed by atoms with van der Waals surface area (Å²) in [7, 11) is 1.92. The van der Waals surface area contributed by atoms with Crippen molar-refractivity contribution in [1.82, 2.24) is 47.0 Å². The van der Waals surface area contributed by atoms with Gasteiger partial charge in [-0.05, 0) is 130 Å². The van der Waals surface area contributed by atoms with Gasteiger partial charge in [-0.1, -0.05) is 70.2 Å². The van der Waals surface area contributed by atoms with Gasteiger partial charge in [0.25, 0.3) is 0 Å². The molecule has 7 N–H and O–H groups in total. The summed E-state index contributed by atoms with van der Waals surface area (Å²) >= 11 is 3.51. The average Bonchev–Trinajstić information content (AvgIpc) is 3.58. The topological polar surface area (TPSA) is 176 Å². The number of likely N-dealkylation sites (N-methyl/N-ethyl adjacent to an activating group) is 1. The summed E-state index contributed by atoms with van der Waals surface area (Å²) in [5, 5.41) is 22.9. The molecule has 14 nitrogen and oxygen atoms in total. The minimum Gasteiger partial charge on any atom is -0.347 e. The molecular weight excluding hydrogens is 871 g/mol. The van der Waals surface area contributed by atoms with E-state index in [-0.39, 0.29) is 75.4 Å². The minimum absolute atomic E-state index is 0.0219. The maximum Gasteiger partial charge on any atom is 0.316 e. The Morgan fingerprint density at radius 3 is 2.11 bits per heavy atom. The Bertz CT molecular complexity index is 2140. The van der Waals surface area contributed by atoms with E-state index < -0.39 is 24.3 Å². The van der Waals surface area contributed by atoms with Gasteiger partial charge in [0.15, 0.2) is 0 Å². The van der Waals surface area contributed by atoms with E-state index in [2.05, 4.69) is 102 Å². The van der Waals surface area contributed by atoms with Gasteiger partial charge in [0, 0.05) is 24.5 Å². The van der Waals surface area contributed by atoms with E-state index >= 15 is 0 Å². The molecular formula is C50H73N9O5S2. The van der Waals surface area contributed by atoms with Crippen LogP contribution in [0.3, 0.4) is 0 Å². The Hall–Kier alpha value is -3.83. The number of nitrogens with one attached hydrogen (secondary N) is 7. The lowest BCUT2D eigenvalue weighted by Gasteiger charge is -2.36. The monoisotopic (exact) mass is 944 g/mol. The second kappa shape index (κ2) is 20.4. The third-order valence-corrected chi connectivity index (χ3v) is 17.6. The summed E-state index contributed by atoms with van der Waals surface area (Å²) in [6.45, 7) is 13.5. The van der Waals surface area contributed by atoms with Crippen molar-refractivity contribution in [3.8, 4) is 0 Å². The fraction of sp³-hybridized carbons (Fsp3) is 0.660. The van der Waals surface area contributed by atoms with Crippen molar-refractivity contribution in [2.24, 2.45) is 10.8 Å². The van der Waals surface area contributed by atoms with Crippen molar-refractivity contribution >= 4 is 53.2 Å². The van der Waals surface area contributed by atoms with Crippen LogP contribution in [0.4, 0.5) is 4.79 Å². The highest BCUT2D eigenvalue weighted by Gasteiger charge is 2.55. The number of fused-ring (bicyclic) bond motifs is 4. The summed E-state index contributed by atoms with van der Waals surface area (Å²) in [5.74, 6) is 1.11. The van der Waals surface area contributed by atoms with E-state index in [9.17, 15) is 24.0 Å². The van der Waals surface area contributed by atoms with E-state index in [1.807, 2.05) is 35.9 Å². The van der Waals surface area contributed by atoms with Gasteiger partial charge >= 0.3 is 6.03 Å². The number of urea groups is 1. The van der Waals surface area contributed by atoms with Gasteiger partial charge in [-0.2, -0.15) is 0 Å². The van der Waals surface area contributed by atoms with Gasteiger partial charge in [-0.25, -0.2) is 4.79 Å². The van der Waals surface area contributed by atoms with Crippen molar-refractivity contribution in [3.63, 3.8) is 0 Å². The lowest BCUT2D eigenvalue weighted by Crippen LogP contribution is -2.60. The Morgan fingerprint density at radius 2 is 1.36 bits per heavy atom. The fourth-order valence-corrected chi connectivity index (χ4v) is 14.4. The third-order valence-electron chi connectivity index (χ3n) is 15.1. The molecule has 10 atom stereocenters. The van der Waals surface area contributed by atoms with E-state index in [0.717, 1.165) is 80.2 Å². The lowest BCUT2D eigenvalue weighted by atomic mass is 9.82. The van der Waals surface area contributed by atoms with Crippen LogP contribution >= 0.6 is 23.5 Å². The Balaban J connectivity index is 0.863. The van der Waals surface area contributed by atoms with E-state index in [0.29, 0.717) is 25.3 Å². The van der Waals surface area contributed by atoms with Crippen molar-refractivity contribution in [1.29, 1.82) is 0 Å². The molecule has 360 valence electrons. The molecule has 4 saturated heterocycles. The molecule has 6 aliphatic rings. The molecule has 2 aromatic carbocycles. The molecule has 4 heterocycles. The smallest absolute Gasteiger partial charge is 0.316 e. The zero-order chi connectivity index (χ0) is 46.9. The molecule has 0 saturated carbocycles. The van der Waals surface area contributed by atoms with Crippen LogP contribution in [0.25, 0.3) is 0 Å². The highest BCUT2D eigenvalue weighted by molar-refractivity contribution is 8.00. The fourth-order valence-electron chi connectivity index (χ4n) is 11.2. The number of hydrogen-bond donors (Lipinski definition) is 7. The lowest BCUT2D eigenvalue weighted by molar-refractivity contribution is -0.142. The number of carbonyl (C=O) groups excluding carboxylic acids is 5. The number of nitrogens with zero attached hydrogens (tertiary/aromatic N) is 2. The summed E-state index contributed by atoms with van der Waals surface area (Å²) in [6.07, 6.45) is 7.76. The molecule has 2 aliphatic carbocycles. The predicted octanol–water partition coefficient (Wildman–Crippen LogP) is 5.22. The Morgan fingerprint density at radius 1 is 0.727 bits per heavy atom. The molecule has 0 radical (unpaired) electrons. The largest absolute Gasteiger partial charge is 0.347 e. The van der Waals surface area contributed by atoms with Crippen LogP contribution in [0, 0.1) is 10.8 Å². The summed E-state index contributed by atoms with van der Waals surface area (Å²) in [5.41, 5.74) is 5.00. The SMILES string of the molecule is CN[C@@H](C)CN[C@H]1CCS[C@H]2CC(C)(C)[C@@H](C(=O)N[C@@H]3CCCc4cc(CN[C@@H](C)C(=O)N[C@H]5CCSC6CC(C)(C)[C@@H](NC(=O)N[C@@H]7CCCc8ccccc87)N6C5=O)ccc43)N2C1=O. The van der Waals surface area contributed by atoms with Crippen molar-refractivity contribution in [2.45, 2.75) is 172 Å². The summed E-state index contributed by atoms with van der Waals surface area (Å²) in [4.78, 5) is 73.9. The zero-order valence-electron chi connectivity index (χ0n) is 40.0. The van der Waals surface area contributed by atoms with E-state index in [1.54, 1.807) is 23.5 Å². The molecule has 0 bridgehead atoms. The number of thioether (sulfide) groups is 2. The summed E-state index contributed by atoms with van der Waals surface area (Å²) in [6, 6.07) is 12.2. The molecule has 4 fully saturated rings. The number of benzene rings is 2. The van der Waals surface area contributed by atoms with Crippen LogP contribution in [0.5, 0.6) is 0 Å². The number of hydrogen-bond acceptors (Lipinski definition) is 10. The molecule has 0 aromatic heterocycles.